The van der Waals surface area contributed by atoms with Crippen LogP contribution < -0.4 is 5.32 Å². The van der Waals surface area contributed by atoms with Gasteiger partial charge in [-0.15, -0.1) is 11.3 Å². The fraction of sp³-hybridized carbons (Fsp3) is 0.375. The first kappa shape index (κ1) is 28.2. The number of thiazole rings is 1. The average Bonchev–Trinajstić information content (AvgIpc) is 3.69. The number of pyridine rings is 1. The maximum Gasteiger partial charge on any atom is 0.476 e. The molecular formula is C24H27FN7O6PS. The van der Waals surface area contributed by atoms with Gasteiger partial charge in [-0.3, -0.25) is 28.0 Å². The molecule has 1 fully saturated rings. The van der Waals surface area contributed by atoms with Crippen LogP contribution in [0.4, 0.5) is 10.1 Å². The maximum atomic E-state index is 14.6. The van der Waals surface area contributed by atoms with E-state index < -0.39 is 19.5 Å². The molecular weight excluding hydrogens is 564 g/mol. The van der Waals surface area contributed by atoms with E-state index in [1.807, 2.05) is 6.92 Å². The summed E-state index contributed by atoms with van der Waals surface area (Å²) in [5.74, 6) is -1.04. The fourth-order valence-electron chi connectivity index (χ4n) is 4.08. The van der Waals surface area contributed by atoms with E-state index in [0.717, 1.165) is 12.8 Å². The Morgan fingerprint density at radius 1 is 1.25 bits per heavy atom. The van der Waals surface area contributed by atoms with Gasteiger partial charge in [0.25, 0.3) is 5.91 Å². The summed E-state index contributed by atoms with van der Waals surface area (Å²) in [4.78, 5) is 21.7. The number of carbonyl (C=O) groups excluding carboxylic acids is 1. The van der Waals surface area contributed by atoms with Gasteiger partial charge in [0, 0.05) is 50.4 Å². The summed E-state index contributed by atoms with van der Waals surface area (Å²) in [5.41, 5.74) is 1.37. The van der Waals surface area contributed by atoms with Crippen molar-refractivity contribution < 1.29 is 32.1 Å². The molecule has 5 rings (SSSR count). The molecule has 212 valence electrons. The van der Waals surface area contributed by atoms with Crippen molar-refractivity contribution in [2.45, 2.75) is 38.6 Å². The summed E-state index contributed by atoms with van der Waals surface area (Å²) >= 11 is 1.24. The maximum absolute atomic E-state index is 14.6. The molecule has 40 heavy (non-hydrogen) atoms. The van der Waals surface area contributed by atoms with Crippen LogP contribution in [-0.4, -0.2) is 62.4 Å². The largest absolute Gasteiger partial charge is 0.476 e. The highest BCUT2D eigenvalue weighted by Gasteiger charge is 2.33. The van der Waals surface area contributed by atoms with Crippen LogP contribution in [0.5, 0.6) is 0 Å². The summed E-state index contributed by atoms with van der Waals surface area (Å²) in [5, 5.41) is 13.7. The van der Waals surface area contributed by atoms with E-state index in [-0.39, 0.29) is 36.0 Å². The second-order valence-electron chi connectivity index (χ2n) is 8.74. The van der Waals surface area contributed by atoms with Crippen LogP contribution in [0.1, 0.15) is 36.3 Å². The lowest BCUT2D eigenvalue weighted by molar-refractivity contribution is -0.0226. The molecule has 1 aliphatic carbocycles. The third-order valence-electron chi connectivity index (χ3n) is 6.22. The minimum Gasteiger partial charge on any atom is -0.378 e. The lowest BCUT2D eigenvalue weighted by Crippen LogP contribution is -2.33. The Balaban J connectivity index is 1.32. The molecule has 0 atom stereocenters. The molecule has 0 radical (unpaired) electrons. The van der Waals surface area contributed by atoms with Crippen LogP contribution in [0, 0.1) is 5.82 Å². The van der Waals surface area contributed by atoms with Crippen LogP contribution in [0.25, 0.3) is 22.0 Å². The summed E-state index contributed by atoms with van der Waals surface area (Å²) in [6.45, 7) is 2.40. The molecule has 4 aromatic heterocycles. The molecule has 13 nitrogen and oxygen atoms in total. The van der Waals surface area contributed by atoms with Crippen LogP contribution in [0.2, 0.25) is 0 Å². The zero-order valence-corrected chi connectivity index (χ0v) is 23.6. The van der Waals surface area contributed by atoms with Crippen molar-refractivity contribution in [1.82, 2.24) is 29.5 Å². The van der Waals surface area contributed by atoms with Gasteiger partial charge in [0.1, 0.15) is 22.1 Å². The van der Waals surface area contributed by atoms with Crippen molar-refractivity contribution in [3.8, 4) is 22.0 Å². The standard InChI is InChI=1S/C24H27FN7O6PS/c1-4-37-17-8-16(9-17)32-12-19(22(30-32)21-18(25)6-5-7-26-21)28-23(33)20-13-40-24(29-20)15-10-27-31(11-15)14-38-39(34,35-2)36-3/h5-7,10-13,16-17H,4,8-9,14H2,1-3H3,(H,28,33). The smallest absolute Gasteiger partial charge is 0.378 e. The predicted molar refractivity (Wildman–Crippen MR) is 143 cm³/mol. The van der Waals surface area contributed by atoms with Crippen LogP contribution in [0.3, 0.4) is 0 Å². The van der Waals surface area contributed by atoms with E-state index in [9.17, 15) is 13.8 Å². The summed E-state index contributed by atoms with van der Waals surface area (Å²) in [7, 11) is -1.23. The number of anilines is 1. The highest BCUT2D eigenvalue weighted by atomic mass is 32.1. The quantitative estimate of drug-likeness (QED) is 0.229. The molecule has 0 unspecified atom stereocenters. The average molecular weight is 592 g/mol. The SMILES string of the molecule is CCOC1CC(n2cc(NC(=O)c3csc(-c4cnn(COP(=O)(OC)OC)c4)n3)c(-c3ncccc3F)n2)C1. The van der Waals surface area contributed by atoms with Gasteiger partial charge in [-0.25, -0.2) is 18.6 Å². The van der Waals surface area contributed by atoms with E-state index in [1.54, 1.807) is 22.5 Å². The number of rotatable bonds is 12. The molecule has 16 heteroatoms. The number of phosphoric acid groups is 1. The minimum absolute atomic E-state index is 0.0392. The van der Waals surface area contributed by atoms with Crippen LogP contribution in [-0.2, 0) is 29.6 Å². The Bertz CT molecular complexity index is 1530. The molecule has 0 saturated heterocycles. The van der Waals surface area contributed by atoms with Crippen molar-refractivity contribution >= 4 is 30.8 Å². The molecule has 1 amide bonds. The Labute approximate surface area is 232 Å². The van der Waals surface area contributed by atoms with Crippen molar-refractivity contribution in [3.63, 3.8) is 0 Å². The number of nitrogens with zero attached hydrogens (tertiary/aromatic N) is 6. The zero-order chi connectivity index (χ0) is 28.3. The van der Waals surface area contributed by atoms with Gasteiger partial charge in [0.2, 0.25) is 0 Å². The Morgan fingerprint density at radius 3 is 2.77 bits per heavy atom. The molecule has 4 heterocycles. The van der Waals surface area contributed by atoms with Crippen LogP contribution >= 0.6 is 19.2 Å². The number of hydrogen-bond donors (Lipinski definition) is 1. The van der Waals surface area contributed by atoms with Crippen molar-refractivity contribution in [3.05, 3.63) is 53.8 Å². The van der Waals surface area contributed by atoms with Gasteiger partial charge >= 0.3 is 7.82 Å². The van der Waals surface area contributed by atoms with E-state index in [4.69, 9.17) is 18.3 Å². The highest BCUT2D eigenvalue weighted by Crippen LogP contribution is 2.47. The number of phosphoric ester groups is 1. The van der Waals surface area contributed by atoms with Crippen molar-refractivity contribution in [1.29, 1.82) is 0 Å². The first-order valence-electron chi connectivity index (χ1n) is 12.3. The topological polar surface area (TPSA) is 145 Å². The number of amides is 1. The van der Waals surface area contributed by atoms with Gasteiger partial charge in [0.05, 0.1) is 24.0 Å². The number of ether oxygens (including phenoxy) is 1. The number of hydrogen-bond acceptors (Lipinski definition) is 11. The summed E-state index contributed by atoms with van der Waals surface area (Å²) < 4.78 is 50.1. The molecule has 1 aliphatic rings. The van der Waals surface area contributed by atoms with E-state index in [1.165, 1.54) is 54.8 Å². The third kappa shape index (κ3) is 6.04. The molecule has 1 N–H and O–H groups in total. The van der Waals surface area contributed by atoms with Gasteiger partial charge in [-0.05, 0) is 31.9 Å². The predicted octanol–water partition coefficient (Wildman–Crippen LogP) is 4.77. The Kier molecular flexibility index (Phi) is 8.49. The van der Waals surface area contributed by atoms with Gasteiger partial charge in [0.15, 0.2) is 12.5 Å². The normalized spacial score (nSPS) is 17.1. The van der Waals surface area contributed by atoms with Crippen molar-refractivity contribution in [2.24, 2.45) is 0 Å². The van der Waals surface area contributed by atoms with E-state index in [0.29, 0.717) is 22.9 Å². The second kappa shape index (κ2) is 12.0. The Hall–Kier alpha value is -3.33. The highest BCUT2D eigenvalue weighted by molar-refractivity contribution is 7.48. The second-order valence-corrected chi connectivity index (χ2v) is 11.5. The van der Waals surface area contributed by atoms with Crippen LogP contribution in [0.15, 0.2) is 42.3 Å². The Morgan fingerprint density at radius 2 is 2.05 bits per heavy atom. The zero-order valence-electron chi connectivity index (χ0n) is 21.9. The summed E-state index contributed by atoms with van der Waals surface area (Å²) in [6.07, 6.45) is 8.01. The monoisotopic (exact) mass is 591 g/mol. The number of nitrogens with one attached hydrogen (secondary N) is 1. The van der Waals surface area contributed by atoms with Crippen molar-refractivity contribution in [2.75, 3.05) is 26.1 Å². The van der Waals surface area contributed by atoms with Gasteiger partial charge < -0.3 is 10.1 Å². The molecule has 4 aromatic rings. The lowest BCUT2D eigenvalue weighted by Gasteiger charge is -2.34. The molecule has 0 aliphatic heterocycles. The molecule has 0 aromatic carbocycles. The first-order chi connectivity index (χ1) is 19.3. The molecule has 1 saturated carbocycles. The van der Waals surface area contributed by atoms with Gasteiger partial charge in [-0.2, -0.15) is 10.2 Å². The third-order valence-corrected chi connectivity index (χ3v) is 8.44. The lowest BCUT2D eigenvalue weighted by atomic mass is 9.89. The first-order valence-corrected chi connectivity index (χ1v) is 14.6. The number of carbonyl (C=O) groups is 1. The summed E-state index contributed by atoms with van der Waals surface area (Å²) in [6, 6.07) is 2.86. The van der Waals surface area contributed by atoms with Gasteiger partial charge in [-0.1, -0.05) is 0 Å². The van der Waals surface area contributed by atoms with E-state index >= 15 is 0 Å². The fourth-order valence-corrected chi connectivity index (χ4v) is 5.48. The minimum atomic E-state index is -3.66. The number of aromatic nitrogens is 6. The van der Waals surface area contributed by atoms with E-state index in [2.05, 4.69) is 25.5 Å². The molecule has 0 bridgehead atoms. The molecule has 0 spiro atoms. The number of halogens is 1.